The smallest absolute Gasteiger partial charge is 0.326 e. The zero-order valence-corrected chi connectivity index (χ0v) is 8.21. The Morgan fingerprint density at radius 2 is 1.81 bits per heavy atom. The fourth-order valence-corrected chi connectivity index (χ4v) is 1.82. The van der Waals surface area contributed by atoms with Gasteiger partial charge in [-0.1, -0.05) is 18.2 Å². The number of rotatable bonds is 1. The van der Waals surface area contributed by atoms with Crippen molar-refractivity contribution in [3.05, 3.63) is 29.8 Å². The van der Waals surface area contributed by atoms with Crippen molar-refractivity contribution in [3.63, 3.8) is 0 Å². The molecule has 6 heteroatoms. The Balaban J connectivity index is 2.61. The molecule has 1 aliphatic heterocycles. The Morgan fingerprint density at radius 3 is 2.38 bits per heavy atom. The number of carbonyl (C=O) groups excluding carboxylic acids is 3. The number of benzene rings is 1. The molecule has 1 unspecified atom stereocenters. The van der Waals surface area contributed by atoms with E-state index in [2.05, 4.69) is 0 Å². The first-order valence-corrected chi connectivity index (χ1v) is 4.55. The van der Waals surface area contributed by atoms with Crippen LogP contribution < -0.4 is 16.4 Å². The Hall–Kier alpha value is -2.37. The lowest BCUT2D eigenvalue weighted by atomic mass is 10.0. The van der Waals surface area contributed by atoms with Gasteiger partial charge in [0.1, 0.15) is 5.92 Å². The summed E-state index contributed by atoms with van der Waals surface area (Å²) in [5.41, 5.74) is 10.9. The quantitative estimate of drug-likeness (QED) is 0.632. The molecule has 6 nitrogen and oxygen atoms in total. The number of nitrogens with zero attached hydrogens (tertiary/aromatic N) is 1. The second-order valence-electron chi connectivity index (χ2n) is 3.41. The molecule has 0 radical (unpaired) electrons. The normalized spacial score (nSPS) is 18.4. The van der Waals surface area contributed by atoms with Gasteiger partial charge in [0.05, 0.1) is 5.69 Å². The predicted octanol–water partition coefficient (Wildman–Crippen LogP) is -0.319. The fourth-order valence-electron chi connectivity index (χ4n) is 1.82. The molecule has 2 rings (SSSR count). The first-order chi connectivity index (χ1) is 7.54. The summed E-state index contributed by atoms with van der Waals surface area (Å²) in [6.07, 6.45) is 0. The molecule has 4 amide bonds. The van der Waals surface area contributed by atoms with Crippen LogP contribution in [0.1, 0.15) is 11.5 Å². The van der Waals surface area contributed by atoms with E-state index in [9.17, 15) is 14.4 Å². The van der Waals surface area contributed by atoms with Crippen LogP contribution in [0.25, 0.3) is 0 Å². The van der Waals surface area contributed by atoms with Crippen molar-refractivity contribution in [2.24, 2.45) is 11.5 Å². The molecule has 1 heterocycles. The molecule has 4 N–H and O–H groups in total. The highest BCUT2D eigenvalue weighted by Crippen LogP contribution is 2.36. The van der Waals surface area contributed by atoms with Gasteiger partial charge in [-0.05, 0) is 11.6 Å². The molecule has 0 saturated carbocycles. The highest BCUT2D eigenvalue weighted by molar-refractivity contribution is 6.26. The van der Waals surface area contributed by atoms with E-state index in [1.807, 2.05) is 0 Å². The fraction of sp³-hybridized carbons (Fsp3) is 0.100. The van der Waals surface area contributed by atoms with Crippen LogP contribution >= 0.6 is 0 Å². The van der Waals surface area contributed by atoms with Crippen molar-refractivity contribution in [1.29, 1.82) is 0 Å². The van der Waals surface area contributed by atoms with Crippen LogP contribution in [-0.2, 0) is 9.59 Å². The molecule has 0 spiro atoms. The topological polar surface area (TPSA) is 106 Å². The summed E-state index contributed by atoms with van der Waals surface area (Å²) < 4.78 is 0. The van der Waals surface area contributed by atoms with Crippen molar-refractivity contribution in [1.82, 2.24) is 0 Å². The monoisotopic (exact) mass is 219 g/mol. The highest BCUT2D eigenvalue weighted by atomic mass is 16.2. The number of urea groups is 1. The van der Waals surface area contributed by atoms with Gasteiger partial charge in [0.25, 0.3) is 5.91 Å². The summed E-state index contributed by atoms with van der Waals surface area (Å²) in [5.74, 6) is -2.61. The molecule has 1 aromatic carbocycles. The van der Waals surface area contributed by atoms with Gasteiger partial charge in [-0.25, -0.2) is 9.69 Å². The Labute approximate surface area is 90.8 Å². The van der Waals surface area contributed by atoms with Gasteiger partial charge >= 0.3 is 6.03 Å². The predicted molar refractivity (Wildman–Crippen MR) is 55.4 cm³/mol. The Morgan fingerprint density at radius 1 is 1.19 bits per heavy atom. The molecule has 0 saturated heterocycles. The van der Waals surface area contributed by atoms with Crippen LogP contribution in [0.4, 0.5) is 10.5 Å². The van der Waals surface area contributed by atoms with E-state index in [0.717, 1.165) is 4.90 Å². The molecule has 1 aliphatic rings. The van der Waals surface area contributed by atoms with Gasteiger partial charge in [0.2, 0.25) is 5.91 Å². The van der Waals surface area contributed by atoms with Gasteiger partial charge in [0, 0.05) is 0 Å². The summed E-state index contributed by atoms with van der Waals surface area (Å²) in [6.45, 7) is 0. The summed E-state index contributed by atoms with van der Waals surface area (Å²) in [7, 11) is 0. The number of fused-ring (bicyclic) bond motifs is 1. The maximum absolute atomic E-state index is 11.8. The van der Waals surface area contributed by atoms with Gasteiger partial charge < -0.3 is 11.5 Å². The number of nitrogens with two attached hydrogens (primary N) is 2. The number of anilines is 1. The summed E-state index contributed by atoms with van der Waals surface area (Å²) >= 11 is 0. The minimum absolute atomic E-state index is 0.323. The van der Waals surface area contributed by atoms with Gasteiger partial charge in [-0.15, -0.1) is 0 Å². The Kier molecular flexibility index (Phi) is 2.12. The SMILES string of the molecule is NC(=O)C1C(=O)N(C(N)=O)c2ccccc21. The number of hydrogen-bond acceptors (Lipinski definition) is 3. The van der Waals surface area contributed by atoms with Gasteiger partial charge in [0.15, 0.2) is 0 Å². The Bertz CT molecular complexity index is 455. The molecule has 82 valence electrons. The number of primary amides is 2. The molecule has 0 bridgehead atoms. The van der Waals surface area contributed by atoms with E-state index >= 15 is 0 Å². The van der Waals surface area contributed by atoms with E-state index in [-0.39, 0.29) is 0 Å². The molecule has 0 aliphatic carbocycles. The minimum atomic E-state index is -1.12. The molecule has 1 aromatic rings. The summed E-state index contributed by atoms with van der Waals surface area (Å²) in [6, 6.07) is 5.51. The lowest BCUT2D eigenvalue weighted by Crippen LogP contribution is -2.41. The van der Waals surface area contributed by atoms with Crippen LogP contribution in [-0.4, -0.2) is 17.8 Å². The molecule has 0 aromatic heterocycles. The summed E-state index contributed by atoms with van der Waals surface area (Å²) in [5, 5.41) is 0. The van der Waals surface area contributed by atoms with E-state index in [1.165, 1.54) is 0 Å². The number of para-hydroxylation sites is 1. The standard InChI is InChI=1S/C10H9N3O3/c11-8(14)7-5-3-1-2-4-6(5)13(9(7)15)10(12)16/h1-4,7H,(H2,11,14)(H2,12,16). The number of imide groups is 1. The van der Waals surface area contributed by atoms with Crippen LogP contribution in [0.15, 0.2) is 24.3 Å². The van der Waals surface area contributed by atoms with Crippen LogP contribution in [0, 0.1) is 0 Å². The largest absolute Gasteiger partial charge is 0.369 e. The summed E-state index contributed by atoms with van der Waals surface area (Å²) in [4.78, 5) is 34.8. The average molecular weight is 219 g/mol. The third-order valence-corrected chi connectivity index (χ3v) is 2.46. The number of hydrogen-bond donors (Lipinski definition) is 2. The van der Waals surface area contributed by atoms with Crippen molar-refractivity contribution in [2.45, 2.75) is 5.92 Å². The van der Waals surface area contributed by atoms with Gasteiger partial charge in [-0.3, -0.25) is 9.59 Å². The number of amides is 4. The first kappa shape index (κ1) is 10.2. The molecule has 1 atom stereocenters. The van der Waals surface area contributed by atoms with E-state index in [0.29, 0.717) is 11.3 Å². The molecule has 0 fully saturated rings. The average Bonchev–Trinajstić information content (AvgIpc) is 2.49. The van der Waals surface area contributed by atoms with E-state index < -0.39 is 23.8 Å². The lowest BCUT2D eigenvalue weighted by Gasteiger charge is -2.11. The highest BCUT2D eigenvalue weighted by Gasteiger charge is 2.42. The lowest BCUT2D eigenvalue weighted by molar-refractivity contribution is -0.127. The first-order valence-electron chi connectivity index (χ1n) is 4.55. The third kappa shape index (κ3) is 1.23. The molecular formula is C10H9N3O3. The molecule has 16 heavy (non-hydrogen) atoms. The molecular weight excluding hydrogens is 210 g/mol. The third-order valence-electron chi connectivity index (χ3n) is 2.46. The maximum atomic E-state index is 11.8. The number of carbonyl (C=O) groups is 3. The van der Waals surface area contributed by atoms with Crippen molar-refractivity contribution in [2.75, 3.05) is 4.90 Å². The van der Waals surface area contributed by atoms with Crippen LogP contribution in [0.5, 0.6) is 0 Å². The van der Waals surface area contributed by atoms with E-state index in [4.69, 9.17) is 11.5 Å². The van der Waals surface area contributed by atoms with Crippen molar-refractivity contribution >= 4 is 23.5 Å². The maximum Gasteiger partial charge on any atom is 0.326 e. The van der Waals surface area contributed by atoms with Crippen molar-refractivity contribution in [3.8, 4) is 0 Å². The van der Waals surface area contributed by atoms with Crippen LogP contribution in [0.3, 0.4) is 0 Å². The zero-order valence-electron chi connectivity index (χ0n) is 8.21. The minimum Gasteiger partial charge on any atom is -0.369 e. The zero-order chi connectivity index (χ0) is 11.9. The van der Waals surface area contributed by atoms with Crippen LogP contribution in [0.2, 0.25) is 0 Å². The van der Waals surface area contributed by atoms with Crippen molar-refractivity contribution < 1.29 is 14.4 Å². The second kappa shape index (κ2) is 3.34. The van der Waals surface area contributed by atoms with Gasteiger partial charge in [-0.2, -0.15) is 0 Å². The van der Waals surface area contributed by atoms with E-state index in [1.54, 1.807) is 24.3 Å². The second-order valence-corrected chi connectivity index (χ2v) is 3.41.